The van der Waals surface area contributed by atoms with E-state index in [4.69, 9.17) is 4.74 Å². The van der Waals surface area contributed by atoms with Crippen molar-refractivity contribution in [3.63, 3.8) is 0 Å². The second-order valence-corrected chi connectivity index (χ2v) is 4.11. The summed E-state index contributed by atoms with van der Waals surface area (Å²) in [4.78, 5) is 22.7. The summed E-state index contributed by atoms with van der Waals surface area (Å²) in [5.41, 5.74) is -0.829. The van der Waals surface area contributed by atoms with Crippen molar-refractivity contribution in [3.05, 3.63) is 0 Å². The highest BCUT2D eigenvalue weighted by Gasteiger charge is 2.55. The number of cyclic esters (lactones) is 1. The van der Waals surface area contributed by atoms with Crippen LogP contribution in [-0.4, -0.2) is 17.6 Å². The molecular formula is C10H15NO3. The van der Waals surface area contributed by atoms with Gasteiger partial charge in [0.25, 0.3) is 5.91 Å². The van der Waals surface area contributed by atoms with Crippen LogP contribution < -0.4 is 5.32 Å². The minimum atomic E-state index is -0.829. The predicted octanol–water partition coefficient (Wildman–Crippen LogP) is 1.59. The first-order valence-corrected chi connectivity index (χ1v) is 5.23. The number of imide groups is 1. The van der Waals surface area contributed by atoms with E-state index in [0.717, 1.165) is 25.7 Å². The molecular weight excluding hydrogens is 182 g/mol. The van der Waals surface area contributed by atoms with Crippen molar-refractivity contribution in [2.75, 3.05) is 0 Å². The second-order valence-electron chi connectivity index (χ2n) is 4.11. The molecule has 1 aliphatic heterocycles. The van der Waals surface area contributed by atoms with Crippen LogP contribution in [0, 0.1) is 5.92 Å². The van der Waals surface area contributed by atoms with E-state index in [1.807, 2.05) is 6.92 Å². The van der Waals surface area contributed by atoms with Crippen molar-refractivity contribution in [2.24, 2.45) is 5.92 Å². The van der Waals surface area contributed by atoms with Crippen molar-refractivity contribution in [2.45, 2.75) is 44.6 Å². The maximum atomic E-state index is 11.7. The topological polar surface area (TPSA) is 55.4 Å². The van der Waals surface area contributed by atoms with E-state index in [1.165, 1.54) is 0 Å². The fraction of sp³-hybridized carbons (Fsp3) is 0.800. The number of nitrogens with one attached hydrogen (secondary N) is 1. The van der Waals surface area contributed by atoms with Crippen molar-refractivity contribution >= 4 is 12.0 Å². The van der Waals surface area contributed by atoms with E-state index < -0.39 is 11.7 Å². The van der Waals surface area contributed by atoms with Crippen molar-refractivity contribution in [1.82, 2.24) is 5.32 Å². The minimum Gasteiger partial charge on any atom is -0.432 e. The summed E-state index contributed by atoms with van der Waals surface area (Å²) in [6.45, 7) is 2.00. The molecule has 1 atom stereocenters. The molecule has 0 aromatic rings. The Labute approximate surface area is 83.0 Å². The van der Waals surface area contributed by atoms with Gasteiger partial charge in [-0.05, 0) is 19.3 Å². The third-order valence-electron chi connectivity index (χ3n) is 3.26. The van der Waals surface area contributed by atoms with Crippen LogP contribution in [0.5, 0.6) is 0 Å². The predicted molar refractivity (Wildman–Crippen MR) is 49.6 cm³/mol. The lowest BCUT2D eigenvalue weighted by Gasteiger charge is -2.38. The van der Waals surface area contributed by atoms with Crippen LogP contribution in [0.25, 0.3) is 0 Å². The summed E-state index contributed by atoms with van der Waals surface area (Å²) < 4.78 is 5.21. The number of amides is 2. The molecule has 1 saturated carbocycles. The van der Waals surface area contributed by atoms with Crippen LogP contribution in [0.4, 0.5) is 4.79 Å². The quantitative estimate of drug-likeness (QED) is 0.747. The number of rotatable bonds is 3. The molecule has 0 aromatic carbocycles. The Hall–Kier alpha value is -1.06. The number of hydrogen-bond acceptors (Lipinski definition) is 3. The Morgan fingerprint density at radius 3 is 2.57 bits per heavy atom. The van der Waals surface area contributed by atoms with Gasteiger partial charge in [0.2, 0.25) is 0 Å². The van der Waals surface area contributed by atoms with Crippen molar-refractivity contribution in [3.8, 4) is 0 Å². The molecule has 1 heterocycles. The number of carbonyl (C=O) groups is 2. The number of carbonyl (C=O) groups excluding carboxylic acids is 2. The Morgan fingerprint density at radius 2 is 2.21 bits per heavy atom. The van der Waals surface area contributed by atoms with Crippen LogP contribution in [0.15, 0.2) is 0 Å². The number of ether oxygens (including phenoxy) is 1. The largest absolute Gasteiger partial charge is 0.432 e. The average Bonchev–Trinajstić information content (AvgIpc) is 2.24. The first kappa shape index (κ1) is 9.49. The average molecular weight is 197 g/mol. The Bertz CT molecular complexity index is 273. The first-order valence-electron chi connectivity index (χ1n) is 5.23. The normalized spacial score (nSPS) is 32.4. The van der Waals surface area contributed by atoms with Crippen LogP contribution in [0.3, 0.4) is 0 Å². The summed E-state index contributed by atoms with van der Waals surface area (Å²) in [6.07, 6.45) is 4.07. The molecule has 2 fully saturated rings. The molecule has 4 heteroatoms. The van der Waals surface area contributed by atoms with Gasteiger partial charge in [-0.1, -0.05) is 19.8 Å². The van der Waals surface area contributed by atoms with Gasteiger partial charge in [0.05, 0.1) is 0 Å². The molecule has 1 aliphatic carbocycles. The lowest BCUT2D eigenvalue weighted by Crippen LogP contribution is -2.48. The second kappa shape index (κ2) is 3.26. The molecule has 0 bridgehead atoms. The fourth-order valence-electron chi connectivity index (χ4n) is 2.32. The summed E-state index contributed by atoms with van der Waals surface area (Å²) in [5.74, 6) is 0.0166. The van der Waals surface area contributed by atoms with Crippen LogP contribution in [-0.2, 0) is 9.53 Å². The zero-order valence-electron chi connectivity index (χ0n) is 8.34. The Morgan fingerprint density at radius 1 is 1.50 bits per heavy atom. The summed E-state index contributed by atoms with van der Waals surface area (Å²) in [5, 5.41) is 2.24. The SMILES string of the molecule is CCCC1(C2CCC2)OC(=O)NC1=O. The zero-order valence-corrected chi connectivity index (χ0v) is 8.34. The first-order chi connectivity index (χ1) is 6.69. The molecule has 2 aliphatic rings. The molecule has 2 amide bonds. The monoisotopic (exact) mass is 197 g/mol. The number of alkyl carbamates (subject to hydrolysis) is 1. The van der Waals surface area contributed by atoms with Crippen molar-refractivity contribution < 1.29 is 14.3 Å². The van der Waals surface area contributed by atoms with Gasteiger partial charge in [-0.3, -0.25) is 10.1 Å². The molecule has 0 aromatic heterocycles. The van der Waals surface area contributed by atoms with E-state index in [1.54, 1.807) is 0 Å². The molecule has 14 heavy (non-hydrogen) atoms. The van der Waals surface area contributed by atoms with E-state index >= 15 is 0 Å². The molecule has 0 radical (unpaired) electrons. The zero-order chi connectivity index (χ0) is 10.2. The molecule has 0 spiro atoms. The minimum absolute atomic E-state index is 0.228. The van der Waals surface area contributed by atoms with Gasteiger partial charge >= 0.3 is 6.09 Å². The van der Waals surface area contributed by atoms with E-state index in [0.29, 0.717) is 6.42 Å². The van der Waals surface area contributed by atoms with E-state index in [2.05, 4.69) is 5.32 Å². The van der Waals surface area contributed by atoms with Gasteiger partial charge < -0.3 is 4.74 Å². The maximum Gasteiger partial charge on any atom is 0.415 e. The highest BCUT2D eigenvalue weighted by molar-refractivity contribution is 6.03. The van der Waals surface area contributed by atoms with Crippen LogP contribution in [0.1, 0.15) is 39.0 Å². The van der Waals surface area contributed by atoms with Crippen LogP contribution >= 0.6 is 0 Å². The number of hydrogen-bond donors (Lipinski definition) is 1. The van der Waals surface area contributed by atoms with Gasteiger partial charge in [-0.2, -0.15) is 0 Å². The highest BCUT2D eigenvalue weighted by atomic mass is 16.6. The third-order valence-corrected chi connectivity index (χ3v) is 3.26. The maximum absolute atomic E-state index is 11.7. The van der Waals surface area contributed by atoms with Gasteiger partial charge in [-0.15, -0.1) is 0 Å². The van der Waals surface area contributed by atoms with E-state index in [9.17, 15) is 9.59 Å². The molecule has 1 unspecified atom stereocenters. The molecule has 1 N–H and O–H groups in total. The molecule has 2 rings (SSSR count). The molecule has 4 nitrogen and oxygen atoms in total. The highest BCUT2D eigenvalue weighted by Crippen LogP contribution is 2.43. The summed E-state index contributed by atoms with van der Waals surface area (Å²) in [6, 6.07) is 0. The Balaban J connectivity index is 2.20. The smallest absolute Gasteiger partial charge is 0.415 e. The van der Waals surface area contributed by atoms with Crippen LogP contribution in [0.2, 0.25) is 0 Å². The third kappa shape index (κ3) is 1.21. The fourth-order valence-corrected chi connectivity index (χ4v) is 2.32. The molecule has 78 valence electrons. The lowest BCUT2D eigenvalue weighted by molar-refractivity contribution is -0.140. The van der Waals surface area contributed by atoms with Gasteiger partial charge in [0.15, 0.2) is 5.60 Å². The lowest BCUT2D eigenvalue weighted by atomic mass is 9.70. The Kier molecular flexibility index (Phi) is 2.21. The van der Waals surface area contributed by atoms with Crippen molar-refractivity contribution in [1.29, 1.82) is 0 Å². The summed E-state index contributed by atoms with van der Waals surface area (Å²) in [7, 11) is 0. The standard InChI is InChI=1S/C10H15NO3/c1-2-6-10(7-4-3-5-7)8(12)11-9(13)14-10/h7H,2-6H2,1H3,(H,11,12,13). The van der Waals surface area contributed by atoms with Gasteiger partial charge in [-0.25, -0.2) is 4.79 Å². The van der Waals surface area contributed by atoms with Gasteiger partial charge in [0.1, 0.15) is 0 Å². The molecule has 1 saturated heterocycles. The van der Waals surface area contributed by atoms with E-state index in [-0.39, 0.29) is 11.8 Å². The van der Waals surface area contributed by atoms with Gasteiger partial charge in [0, 0.05) is 5.92 Å². The summed E-state index contributed by atoms with van der Waals surface area (Å²) >= 11 is 0.